The molecule has 0 amide bonds. The average Bonchev–Trinajstić information content (AvgIpc) is 2.87. The molecule has 4 nitrogen and oxygen atoms in total. The number of para-hydroxylation sites is 2. The number of nitrogens with zero attached hydrogens (tertiary/aromatic N) is 2. The first-order chi connectivity index (χ1) is 17.5. The second kappa shape index (κ2) is 9.31. The Hall–Kier alpha value is -3.14. The molecular weight excluding hydrogens is 456 g/mol. The first-order valence-corrected chi connectivity index (χ1v) is 13.6. The Labute approximate surface area is 221 Å². The van der Waals surface area contributed by atoms with Gasteiger partial charge in [-0.2, -0.15) is 0 Å². The van der Waals surface area contributed by atoms with Crippen LogP contribution >= 0.6 is 0 Å². The number of phenols is 2. The minimum atomic E-state index is -0.921. The van der Waals surface area contributed by atoms with Crippen molar-refractivity contribution < 1.29 is 10.2 Å². The summed E-state index contributed by atoms with van der Waals surface area (Å²) in [6.07, 6.45) is 12.4. The van der Waals surface area contributed by atoms with E-state index >= 15 is 0 Å². The van der Waals surface area contributed by atoms with E-state index in [1.165, 1.54) is 11.1 Å². The third kappa shape index (κ3) is 4.45. The van der Waals surface area contributed by atoms with E-state index < -0.39 is 5.66 Å². The molecule has 1 fully saturated rings. The number of fused-ring (bicyclic) bond motifs is 1. The summed E-state index contributed by atoms with van der Waals surface area (Å²) < 4.78 is 0. The van der Waals surface area contributed by atoms with Gasteiger partial charge in [-0.05, 0) is 89.7 Å². The van der Waals surface area contributed by atoms with Crippen LogP contribution in [-0.2, 0) is 0 Å². The lowest BCUT2D eigenvalue weighted by Gasteiger charge is -2.59. The summed E-state index contributed by atoms with van der Waals surface area (Å²) >= 11 is 0. The molecule has 4 heteroatoms. The maximum atomic E-state index is 10.5. The van der Waals surface area contributed by atoms with Gasteiger partial charge in [-0.25, -0.2) is 0 Å². The van der Waals surface area contributed by atoms with Crippen LogP contribution in [0.3, 0.4) is 0 Å². The Bertz CT molecular complexity index is 1240. The largest absolute Gasteiger partial charge is 0.507 e. The van der Waals surface area contributed by atoms with E-state index in [1.54, 1.807) is 24.6 Å². The lowest BCUT2D eigenvalue weighted by atomic mass is 9.47. The monoisotopic (exact) mass is 496 g/mol. The van der Waals surface area contributed by atoms with E-state index in [4.69, 9.17) is 9.98 Å². The van der Waals surface area contributed by atoms with Crippen molar-refractivity contribution in [2.24, 2.45) is 38.6 Å². The first-order valence-electron chi connectivity index (χ1n) is 13.6. The highest BCUT2D eigenvalue weighted by atomic mass is 16.3. The molecule has 0 saturated heterocycles. The normalized spacial score (nSPS) is 26.6. The molecule has 4 aliphatic rings. The molecule has 2 bridgehead atoms. The van der Waals surface area contributed by atoms with Crippen molar-refractivity contribution in [3.63, 3.8) is 0 Å². The summed E-state index contributed by atoms with van der Waals surface area (Å²) in [6, 6.07) is 14.6. The van der Waals surface area contributed by atoms with E-state index in [9.17, 15) is 10.2 Å². The van der Waals surface area contributed by atoms with Crippen LogP contribution in [-0.4, -0.2) is 28.3 Å². The summed E-state index contributed by atoms with van der Waals surface area (Å²) in [4.78, 5) is 10.6. The molecule has 2 aromatic carbocycles. The van der Waals surface area contributed by atoms with Crippen molar-refractivity contribution in [2.75, 3.05) is 0 Å². The molecule has 6 rings (SSSR count). The van der Waals surface area contributed by atoms with E-state index in [0.29, 0.717) is 28.9 Å². The van der Waals surface area contributed by atoms with Crippen molar-refractivity contribution >= 4 is 12.4 Å². The highest BCUT2D eigenvalue weighted by Gasteiger charge is 2.57. The predicted molar refractivity (Wildman–Crippen MR) is 152 cm³/mol. The number of hydrogen-bond donors (Lipinski definition) is 2. The SMILES string of the molecule is C[C@@H]1CC=C(C(/N=C/c2ccccc2O)(/N=C/c2ccccc2O)C2=CCC3CC2C3(C)C)CC1(C)C. The number of aromatic hydroxyl groups is 2. The number of aliphatic imine (C=N–C) groups is 2. The van der Waals surface area contributed by atoms with Gasteiger partial charge in [0, 0.05) is 23.6 Å². The van der Waals surface area contributed by atoms with E-state index in [0.717, 1.165) is 25.7 Å². The third-order valence-corrected chi connectivity index (χ3v) is 9.67. The Morgan fingerprint density at radius 3 is 1.89 bits per heavy atom. The molecule has 2 aromatic rings. The minimum Gasteiger partial charge on any atom is -0.507 e. The van der Waals surface area contributed by atoms with Crippen LogP contribution in [0.2, 0.25) is 0 Å². The molecule has 0 aromatic heterocycles. The molecular formula is C33H40N2O2. The molecule has 2 N–H and O–H groups in total. The van der Waals surface area contributed by atoms with E-state index in [1.807, 2.05) is 36.4 Å². The van der Waals surface area contributed by atoms with Crippen molar-refractivity contribution in [3.05, 3.63) is 83.0 Å². The number of hydrogen-bond acceptors (Lipinski definition) is 4. The Morgan fingerprint density at radius 2 is 1.41 bits per heavy atom. The van der Waals surface area contributed by atoms with Crippen LogP contribution in [0.5, 0.6) is 11.5 Å². The van der Waals surface area contributed by atoms with Gasteiger partial charge in [0.1, 0.15) is 11.5 Å². The van der Waals surface area contributed by atoms with Gasteiger partial charge >= 0.3 is 0 Å². The molecule has 0 radical (unpaired) electrons. The number of allylic oxidation sites excluding steroid dienone is 2. The van der Waals surface area contributed by atoms with Gasteiger partial charge in [0.2, 0.25) is 0 Å². The third-order valence-electron chi connectivity index (χ3n) is 9.67. The smallest absolute Gasteiger partial charge is 0.193 e. The van der Waals surface area contributed by atoms with Gasteiger partial charge < -0.3 is 10.2 Å². The fraction of sp³-hybridized carbons (Fsp3) is 0.455. The summed E-state index contributed by atoms with van der Waals surface area (Å²) in [5, 5.41) is 21.1. The fourth-order valence-corrected chi connectivity index (χ4v) is 6.43. The number of rotatable bonds is 6. The zero-order chi connectivity index (χ0) is 26.4. The van der Waals surface area contributed by atoms with Crippen molar-refractivity contribution in [3.8, 4) is 11.5 Å². The zero-order valence-corrected chi connectivity index (χ0v) is 22.8. The van der Waals surface area contributed by atoms with Gasteiger partial charge in [-0.15, -0.1) is 0 Å². The topological polar surface area (TPSA) is 65.2 Å². The van der Waals surface area contributed by atoms with Crippen molar-refractivity contribution in [1.29, 1.82) is 0 Å². The molecule has 0 spiro atoms. The molecule has 3 atom stereocenters. The average molecular weight is 497 g/mol. The highest BCUT2D eigenvalue weighted by Crippen LogP contribution is 2.63. The molecule has 0 aliphatic heterocycles. The summed E-state index contributed by atoms with van der Waals surface area (Å²) in [5.41, 5.74) is 3.21. The number of benzene rings is 2. The van der Waals surface area contributed by atoms with Gasteiger partial charge in [0.15, 0.2) is 5.66 Å². The zero-order valence-electron chi connectivity index (χ0n) is 22.8. The Balaban J connectivity index is 1.72. The van der Waals surface area contributed by atoms with Crippen molar-refractivity contribution in [2.45, 2.75) is 66.0 Å². The quantitative estimate of drug-likeness (QED) is 0.318. The molecule has 1 saturated carbocycles. The van der Waals surface area contributed by atoms with Crippen LogP contribution in [0.25, 0.3) is 0 Å². The van der Waals surface area contributed by atoms with E-state index in [2.05, 4.69) is 46.8 Å². The lowest BCUT2D eigenvalue weighted by molar-refractivity contribution is -0.0133. The summed E-state index contributed by atoms with van der Waals surface area (Å²) in [5.74, 6) is 2.05. The maximum Gasteiger partial charge on any atom is 0.193 e. The van der Waals surface area contributed by atoms with Gasteiger partial charge in [-0.3, -0.25) is 9.98 Å². The molecule has 2 unspecified atom stereocenters. The Kier molecular flexibility index (Phi) is 6.42. The standard InChI is InChI=1S/C33H40N2O2/c1-22-14-15-26(19-31(22,2)3)33(34-20-23-10-6-8-12-29(23)36,35-21-24-11-7-9-13-30(24)37)27-17-16-25-18-28(27)32(25,4)5/h6-13,15,17,20-22,25,28,36-37H,14,16,18-19H2,1-5H3/b34-20+,35-21+/t22-,25?,28?/m1/s1. The molecule has 37 heavy (non-hydrogen) atoms. The van der Waals surface area contributed by atoms with Crippen molar-refractivity contribution in [1.82, 2.24) is 0 Å². The lowest BCUT2D eigenvalue weighted by Crippen LogP contribution is -2.53. The second-order valence-corrected chi connectivity index (χ2v) is 12.5. The first kappa shape index (κ1) is 25.5. The summed E-state index contributed by atoms with van der Waals surface area (Å²) in [7, 11) is 0. The van der Waals surface area contributed by atoms with Crippen LogP contribution in [0.1, 0.15) is 71.4 Å². The van der Waals surface area contributed by atoms with Crippen LogP contribution < -0.4 is 0 Å². The van der Waals surface area contributed by atoms with Crippen LogP contribution in [0, 0.1) is 28.6 Å². The highest BCUT2D eigenvalue weighted by molar-refractivity contribution is 5.86. The predicted octanol–water partition coefficient (Wildman–Crippen LogP) is 7.71. The summed E-state index contributed by atoms with van der Waals surface area (Å²) in [6.45, 7) is 11.8. The molecule has 4 aliphatic carbocycles. The number of phenolic OH excluding ortho intramolecular Hbond substituents is 2. The fourth-order valence-electron chi connectivity index (χ4n) is 6.43. The van der Waals surface area contributed by atoms with Crippen LogP contribution in [0.4, 0.5) is 0 Å². The molecule has 194 valence electrons. The minimum absolute atomic E-state index is 0.108. The van der Waals surface area contributed by atoms with E-state index in [-0.39, 0.29) is 22.3 Å². The Morgan fingerprint density at radius 1 is 0.838 bits per heavy atom. The van der Waals surface area contributed by atoms with Gasteiger partial charge in [-0.1, -0.05) is 71.0 Å². The van der Waals surface area contributed by atoms with Crippen LogP contribution in [0.15, 0.2) is 81.8 Å². The molecule has 0 heterocycles. The van der Waals surface area contributed by atoms with Gasteiger partial charge in [0.25, 0.3) is 0 Å². The second-order valence-electron chi connectivity index (χ2n) is 12.5. The maximum absolute atomic E-state index is 10.5. The van der Waals surface area contributed by atoms with Gasteiger partial charge in [0.05, 0.1) is 0 Å².